The molecule has 5 heteroatoms. The standard InChI is InChI=1S/C14H17Cl2NO2/c1-4-14(2,3)17-8-10(18)9-19-13-11(15)6-5-7-12(13)16/h1,5-7,10,17-18H,8-9H2,2-3H3. The molecule has 1 atom stereocenters. The highest BCUT2D eigenvalue weighted by molar-refractivity contribution is 6.37. The molecule has 0 bridgehead atoms. The van der Waals surface area contributed by atoms with Gasteiger partial charge in [-0.05, 0) is 26.0 Å². The number of benzene rings is 1. The number of para-hydroxylation sites is 1. The summed E-state index contributed by atoms with van der Waals surface area (Å²) in [4.78, 5) is 0. The first-order valence-corrected chi connectivity index (χ1v) is 6.59. The van der Waals surface area contributed by atoms with Gasteiger partial charge in [0, 0.05) is 6.54 Å². The monoisotopic (exact) mass is 301 g/mol. The predicted molar refractivity (Wildman–Crippen MR) is 78.9 cm³/mol. The average molecular weight is 302 g/mol. The van der Waals surface area contributed by atoms with E-state index in [1.54, 1.807) is 18.2 Å². The normalized spacial score (nSPS) is 12.8. The van der Waals surface area contributed by atoms with Gasteiger partial charge in [-0.25, -0.2) is 0 Å². The van der Waals surface area contributed by atoms with Crippen molar-refractivity contribution in [2.45, 2.75) is 25.5 Å². The van der Waals surface area contributed by atoms with E-state index >= 15 is 0 Å². The van der Waals surface area contributed by atoms with Crippen LogP contribution >= 0.6 is 23.2 Å². The van der Waals surface area contributed by atoms with Crippen LogP contribution in [-0.4, -0.2) is 29.9 Å². The first kappa shape index (κ1) is 16.1. The smallest absolute Gasteiger partial charge is 0.156 e. The molecule has 0 aliphatic rings. The molecule has 0 saturated heterocycles. The number of rotatable bonds is 6. The molecule has 0 aliphatic heterocycles. The number of halogens is 2. The van der Waals surface area contributed by atoms with Gasteiger partial charge in [0.15, 0.2) is 5.75 Å². The molecule has 19 heavy (non-hydrogen) atoms. The van der Waals surface area contributed by atoms with Crippen LogP contribution in [-0.2, 0) is 0 Å². The molecule has 0 amide bonds. The zero-order chi connectivity index (χ0) is 14.5. The third kappa shape index (κ3) is 5.30. The summed E-state index contributed by atoms with van der Waals surface area (Å²) in [6, 6.07) is 5.08. The molecular weight excluding hydrogens is 285 g/mol. The van der Waals surface area contributed by atoms with Gasteiger partial charge in [0.2, 0.25) is 0 Å². The Morgan fingerprint density at radius 3 is 2.53 bits per heavy atom. The molecule has 0 fully saturated rings. The maximum absolute atomic E-state index is 9.81. The highest BCUT2D eigenvalue weighted by Crippen LogP contribution is 2.32. The van der Waals surface area contributed by atoms with Crippen LogP contribution in [0.15, 0.2) is 18.2 Å². The molecule has 0 spiro atoms. The quantitative estimate of drug-likeness (QED) is 0.794. The number of aliphatic hydroxyl groups is 1. The lowest BCUT2D eigenvalue weighted by molar-refractivity contribution is 0.102. The van der Waals surface area contributed by atoms with Crippen molar-refractivity contribution in [3.05, 3.63) is 28.2 Å². The van der Waals surface area contributed by atoms with Crippen LogP contribution < -0.4 is 10.1 Å². The van der Waals surface area contributed by atoms with Crippen molar-refractivity contribution in [1.29, 1.82) is 0 Å². The van der Waals surface area contributed by atoms with Crippen LogP contribution in [0.4, 0.5) is 0 Å². The Balaban J connectivity index is 2.47. The topological polar surface area (TPSA) is 41.5 Å². The second-order valence-electron chi connectivity index (χ2n) is 4.67. The number of ether oxygens (including phenoxy) is 1. The molecule has 0 heterocycles. The Bertz CT molecular complexity index is 449. The van der Waals surface area contributed by atoms with Crippen LogP contribution in [0.5, 0.6) is 5.75 Å². The lowest BCUT2D eigenvalue weighted by Gasteiger charge is -2.22. The Morgan fingerprint density at radius 1 is 1.42 bits per heavy atom. The lowest BCUT2D eigenvalue weighted by atomic mass is 10.1. The fourth-order valence-electron chi connectivity index (χ4n) is 1.28. The number of hydrogen-bond acceptors (Lipinski definition) is 3. The molecule has 2 N–H and O–H groups in total. The summed E-state index contributed by atoms with van der Waals surface area (Å²) in [5.41, 5.74) is -0.469. The van der Waals surface area contributed by atoms with Crippen molar-refractivity contribution in [3.63, 3.8) is 0 Å². The summed E-state index contributed by atoms with van der Waals surface area (Å²) in [6.45, 7) is 4.10. The summed E-state index contributed by atoms with van der Waals surface area (Å²) in [5.74, 6) is 2.96. The van der Waals surface area contributed by atoms with Gasteiger partial charge >= 0.3 is 0 Å². The Labute approximate surface area is 123 Å². The Kier molecular flexibility index (Phi) is 5.96. The average Bonchev–Trinajstić information content (AvgIpc) is 2.36. The summed E-state index contributed by atoms with van der Waals surface area (Å²) in [7, 11) is 0. The van der Waals surface area contributed by atoms with Crippen LogP contribution in [0.2, 0.25) is 10.0 Å². The summed E-state index contributed by atoms with van der Waals surface area (Å²) >= 11 is 11.9. The van der Waals surface area contributed by atoms with Crippen molar-refractivity contribution in [1.82, 2.24) is 5.32 Å². The van der Waals surface area contributed by atoms with Gasteiger partial charge in [0.05, 0.1) is 15.6 Å². The van der Waals surface area contributed by atoms with E-state index in [-0.39, 0.29) is 6.61 Å². The Morgan fingerprint density at radius 2 is 2.00 bits per heavy atom. The molecule has 1 unspecified atom stereocenters. The molecule has 0 saturated carbocycles. The van der Waals surface area contributed by atoms with Gasteiger partial charge in [0.25, 0.3) is 0 Å². The van der Waals surface area contributed by atoms with Gasteiger partial charge in [-0.1, -0.05) is 35.2 Å². The van der Waals surface area contributed by atoms with E-state index in [1.165, 1.54) is 0 Å². The minimum atomic E-state index is -0.708. The number of terminal acetylenes is 1. The van der Waals surface area contributed by atoms with Crippen molar-refractivity contribution < 1.29 is 9.84 Å². The third-order valence-corrected chi connectivity index (χ3v) is 3.07. The minimum absolute atomic E-state index is 0.0805. The number of nitrogens with one attached hydrogen (secondary N) is 1. The van der Waals surface area contributed by atoms with E-state index in [1.807, 2.05) is 13.8 Å². The molecule has 104 valence electrons. The summed E-state index contributed by atoms with van der Waals surface area (Å²) in [6.07, 6.45) is 4.63. The second kappa shape index (κ2) is 7.02. The van der Waals surface area contributed by atoms with Crippen LogP contribution in [0.3, 0.4) is 0 Å². The molecule has 1 aromatic carbocycles. The van der Waals surface area contributed by atoms with E-state index in [4.69, 9.17) is 34.4 Å². The zero-order valence-corrected chi connectivity index (χ0v) is 12.4. The highest BCUT2D eigenvalue weighted by atomic mass is 35.5. The molecule has 3 nitrogen and oxygen atoms in total. The molecule has 0 aromatic heterocycles. The van der Waals surface area contributed by atoms with E-state index < -0.39 is 11.6 Å². The Hall–Kier alpha value is -0.920. The van der Waals surface area contributed by atoms with Gasteiger partial charge in [-0.3, -0.25) is 5.32 Å². The molecular formula is C14H17Cl2NO2. The third-order valence-electron chi connectivity index (χ3n) is 2.48. The summed E-state index contributed by atoms with van der Waals surface area (Å²) in [5, 5.41) is 13.7. The van der Waals surface area contributed by atoms with Crippen molar-refractivity contribution in [3.8, 4) is 18.1 Å². The van der Waals surface area contributed by atoms with E-state index in [9.17, 15) is 5.11 Å². The number of aliphatic hydroxyl groups excluding tert-OH is 1. The fourth-order valence-corrected chi connectivity index (χ4v) is 1.79. The molecule has 1 rings (SSSR count). The molecule has 1 aromatic rings. The van der Waals surface area contributed by atoms with Crippen molar-refractivity contribution >= 4 is 23.2 Å². The van der Waals surface area contributed by atoms with E-state index in [0.717, 1.165) is 0 Å². The second-order valence-corrected chi connectivity index (χ2v) is 5.48. The van der Waals surface area contributed by atoms with Gasteiger partial charge < -0.3 is 9.84 Å². The number of β-amino-alcohol motifs (C(OH)–C–C–N with tert-alkyl or cyclic N) is 1. The van der Waals surface area contributed by atoms with Crippen molar-refractivity contribution in [2.75, 3.05) is 13.2 Å². The SMILES string of the molecule is C#CC(C)(C)NCC(O)COc1c(Cl)cccc1Cl. The van der Waals surface area contributed by atoms with Gasteiger partial charge in [0.1, 0.15) is 12.7 Å². The maximum Gasteiger partial charge on any atom is 0.156 e. The lowest BCUT2D eigenvalue weighted by Crippen LogP contribution is -2.43. The van der Waals surface area contributed by atoms with Crippen molar-refractivity contribution in [2.24, 2.45) is 0 Å². The van der Waals surface area contributed by atoms with Gasteiger partial charge in [-0.2, -0.15) is 0 Å². The van der Waals surface area contributed by atoms with Crippen LogP contribution in [0.25, 0.3) is 0 Å². The minimum Gasteiger partial charge on any atom is -0.488 e. The highest BCUT2D eigenvalue weighted by Gasteiger charge is 2.16. The van der Waals surface area contributed by atoms with Crippen LogP contribution in [0, 0.1) is 12.3 Å². The molecule has 0 radical (unpaired) electrons. The first-order chi connectivity index (χ1) is 8.85. The zero-order valence-electron chi connectivity index (χ0n) is 10.9. The fraction of sp³-hybridized carbons (Fsp3) is 0.429. The molecule has 0 aliphatic carbocycles. The van der Waals surface area contributed by atoms with E-state index in [2.05, 4.69) is 11.2 Å². The maximum atomic E-state index is 9.81. The van der Waals surface area contributed by atoms with Crippen LogP contribution in [0.1, 0.15) is 13.8 Å². The van der Waals surface area contributed by atoms with E-state index in [0.29, 0.717) is 22.3 Å². The number of hydrogen-bond donors (Lipinski definition) is 2. The van der Waals surface area contributed by atoms with Gasteiger partial charge in [-0.15, -0.1) is 6.42 Å². The predicted octanol–water partition coefficient (Wildman–Crippen LogP) is 2.73. The summed E-state index contributed by atoms with van der Waals surface area (Å²) < 4.78 is 5.42. The first-order valence-electron chi connectivity index (χ1n) is 5.83. The largest absolute Gasteiger partial charge is 0.488 e.